The maximum absolute atomic E-state index is 12.3. The lowest BCUT2D eigenvalue weighted by Gasteiger charge is -2.36. The first kappa shape index (κ1) is 19.2. The maximum atomic E-state index is 12.3. The highest BCUT2D eigenvalue weighted by atomic mass is 35.5. The Labute approximate surface area is 128 Å². The van der Waals surface area contributed by atoms with E-state index in [1.807, 2.05) is 18.7 Å². The fraction of sp³-hybridized carbons (Fsp3) is 0.857. The highest BCUT2D eigenvalue weighted by Crippen LogP contribution is 2.20. The number of carbonyl (C=O) groups excluding carboxylic acids is 2. The average Bonchev–Trinajstić information content (AvgIpc) is 2.36. The molecule has 0 aromatic rings. The van der Waals surface area contributed by atoms with Crippen molar-refractivity contribution in [2.45, 2.75) is 52.0 Å². The lowest BCUT2D eigenvalue weighted by molar-refractivity contribution is -0.138. The van der Waals surface area contributed by atoms with Gasteiger partial charge in [0.05, 0.1) is 5.54 Å². The van der Waals surface area contributed by atoms with E-state index in [1.54, 1.807) is 0 Å². The Morgan fingerprint density at radius 2 is 1.90 bits per heavy atom. The van der Waals surface area contributed by atoms with Gasteiger partial charge in [-0.15, -0.1) is 12.4 Å². The van der Waals surface area contributed by atoms with Gasteiger partial charge in [0.1, 0.15) is 0 Å². The summed E-state index contributed by atoms with van der Waals surface area (Å²) in [6.45, 7) is 7.61. The van der Waals surface area contributed by atoms with Crippen LogP contribution in [0.2, 0.25) is 0 Å². The van der Waals surface area contributed by atoms with E-state index >= 15 is 0 Å². The molecule has 0 aromatic carbocycles. The van der Waals surface area contributed by atoms with Gasteiger partial charge in [0.25, 0.3) is 0 Å². The first-order valence-corrected chi connectivity index (χ1v) is 7.19. The summed E-state index contributed by atoms with van der Waals surface area (Å²) in [7, 11) is 0. The van der Waals surface area contributed by atoms with Crippen LogP contribution in [0.1, 0.15) is 46.5 Å². The van der Waals surface area contributed by atoms with Crippen LogP contribution in [0.25, 0.3) is 0 Å². The number of piperidine rings is 1. The molecule has 1 atom stereocenters. The Balaban J connectivity index is 0.00000361. The van der Waals surface area contributed by atoms with Crippen molar-refractivity contribution in [3.63, 3.8) is 0 Å². The first-order chi connectivity index (χ1) is 8.86. The highest BCUT2D eigenvalue weighted by molar-refractivity contribution is 5.86. The van der Waals surface area contributed by atoms with Gasteiger partial charge in [-0.2, -0.15) is 0 Å². The summed E-state index contributed by atoms with van der Waals surface area (Å²) in [6.07, 6.45) is 3.51. The average molecular weight is 306 g/mol. The lowest BCUT2D eigenvalue weighted by Crippen LogP contribution is -2.55. The molecule has 1 aliphatic rings. The summed E-state index contributed by atoms with van der Waals surface area (Å²) in [5, 5.41) is 2.84. The molecule has 20 heavy (non-hydrogen) atoms. The van der Waals surface area contributed by atoms with Gasteiger partial charge in [-0.25, -0.2) is 0 Å². The van der Waals surface area contributed by atoms with Crippen LogP contribution in [0.15, 0.2) is 0 Å². The normalized spacial score (nSPS) is 18.9. The smallest absolute Gasteiger partial charge is 0.242 e. The summed E-state index contributed by atoms with van der Waals surface area (Å²) in [6, 6.07) is 0. The molecular formula is C14H28ClN3O2. The fourth-order valence-corrected chi connectivity index (χ4v) is 2.62. The van der Waals surface area contributed by atoms with Crippen LogP contribution in [0.3, 0.4) is 0 Å². The SMILES string of the molecule is CCCC(C)(N)C(=O)N1CCC(CNC(C)=O)CC1.Cl. The molecule has 1 heterocycles. The standard InChI is InChI=1S/C14H27N3O2.ClH/c1-4-7-14(3,15)13(19)17-8-5-12(6-9-17)10-16-11(2)18;/h12H,4-10,15H2,1-3H3,(H,16,18);1H. The second-order valence-corrected chi connectivity index (χ2v) is 5.84. The number of nitrogens with zero attached hydrogens (tertiary/aromatic N) is 1. The van der Waals surface area contributed by atoms with Crippen molar-refractivity contribution in [3.05, 3.63) is 0 Å². The van der Waals surface area contributed by atoms with Crippen molar-refractivity contribution in [1.82, 2.24) is 10.2 Å². The number of likely N-dealkylation sites (tertiary alicyclic amines) is 1. The van der Waals surface area contributed by atoms with Gasteiger partial charge < -0.3 is 16.0 Å². The molecule has 1 unspecified atom stereocenters. The largest absolute Gasteiger partial charge is 0.356 e. The summed E-state index contributed by atoms with van der Waals surface area (Å²) >= 11 is 0. The van der Waals surface area contributed by atoms with Gasteiger partial charge in [-0.1, -0.05) is 13.3 Å². The number of hydrogen-bond donors (Lipinski definition) is 2. The Morgan fingerprint density at radius 3 is 2.35 bits per heavy atom. The van der Waals surface area contributed by atoms with Crippen LogP contribution in [0, 0.1) is 5.92 Å². The van der Waals surface area contributed by atoms with Gasteiger partial charge in [0, 0.05) is 26.6 Å². The van der Waals surface area contributed by atoms with Crippen molar-refractivity contribution in [1.29, 1.82) is 0 Å². The minimum Gasteiger partial charge on any atom is -0.356 e. The van der Waals surface area contributed by atoms with Crippen molar-refractivity contribution in [2.75, 3.05) is 19.6 Å². The molecule has 1 aliphatic heterocycles. The maximum Gasteiger partial charge on any atom is 0.242 e. The summed E-state index contributed by atoms with van der Waals surface area (Å²) < 4.78 is 0. The zero-order valence-electron chi connectivity index (χ0n) is 12.8. The van der Waals surface area contributed by atoms with Crippen LogP contribution < -0.4 is 11.1 Å². The minimum atomic E-state index is -0.737. The third-order valence-electron chi connectivity index (χ3n) is 3.80. The molecule has 0 radical (unpaired) electrons. The molecule has 118 valence electrons. The Hall–Kier alpha value is -0.810. The first-order valence-electron chi connectivity index (χ1n) is 7.19. The molecule has 1 rings (SSSR count). The number of carbonyl (C=O) groups is 2. The number of hydrogen-bond acceptors (Lipinski definition) is 3. The quantitative estimate of drug-likeness (QED) is 0.804. The summed E-state index contributed by atoms with van der Waals surface area (Å²) in [5.74, 6) is 0.548. The second kappa shape index (κ2) is 8.47. The van der Waals surface area contributed by atoms with Gasteiger partial charge in [0.15, 0.2) is 0 Å². The van der Waals surface area contributed by atoms with E-state index in [4.69, 9.17) is 5.73 Å². The molecule has 6 heteroatoms. The minimum absolute atomic E-state index is 0. The van der Waals surface area contributed by atoms with Crippen LogP contribution >= 0.6 is 12.4 Å². The van der Waals surface area contributed by atoms with Crippen LogP contribution in [-0.2, 0) is 9.59 Å². The molecule has 0 saturated carbocycles. The monoisotopic (exact) mass is 305 g/mol. The predicted octanol–water partition coefficient (Wildman–Crippen LogP) is 1.30. The van der Waals surface area contributed by atoms with Gasteiger partial charge in [-0.3, -0.25) is 9.59 Å². The topological polar surface area (TPSA) is 75.4 Å². The number of nitrogens with one attached hydrogen (secondary N) is 1. The van der Waals surface area contributed by atoms with Crippen molar-refractivity contribution in [3.8, 4) is 0 Å². The van der Waals surface area contributed by atoms with E-state index in [0.717, 1.165) is 38.8 Å². The van der Waals surface area contributed by atoms with Crippen LogP contribution in [0.4, 0.5) is 0 Å². The molecule has 0 spiro atoms. The zero-order chi connectivity index (χ0) is 14.5. The third kappa shape index (κ3) is 5.67. The zero-order valence-corrected chi connectivity index (χ0v) is 13.6. The molecule has 2 amide bonds. The number of rotatable bonds is 5. The Bertz CT molecular complexity index is 326. The Kier molecular flexibility index (Phi) is 8.13. The molecule has 3 N–H and O–H groups in total. The van der Waals surface area contributed by atoms with Gasteiger partial charge >= 0.3 is 0 Å². The van der Waals surface area contributed by atoms with Crippen LogP contribution in [0.5, 0.6) is 0 Å². The molecule has 0 bridgehead atoms. The molecule has 1 saturated heterocycles. The molecule has 0 aliphatic carbocycles. The van der Waals surface area contributed by atoms with E-state index in [1.165, 1.54) is 6.92 Å². The van der Waals surface area contributed by atoms with E-state index in [9.17, 15) is 9.59 Å². The van der Waals surface area contributed by atoms with E-state index < -0.39 is 5.54 Å². The number of halogens is 1. The molecule has 0 aromatic heterocycles. The van der Waals surface area contributed by atoms with Crippen molar-refractivity contribution < 1.29 is 9.59 Å². The third-order valence-corrected chi connectivity index (χ3v) is 3.80. The van der Waals surface area contributed by atoms with Crippen molar-refractivity contribution >= 4 is 24.2 Å². The molecule has 5 nitrogen and oxygen atoms in total. The highest BCUT2D eigenvalue weighted by Gasteiger charge is 2.33. The lowest BCUT2D eigenvalue weighted by atomic mass is 9.92. The van der Waals surface area contributed by atoms with E-state index in [0.29, 0.717) is 12.5 Å². The van der Waals surface area contributed by atoms with Crippen molar-refractivity contribution in [2.24, 2.45) is 11.7 Å². The number of amides is 2. The molecule has 1 fully saturated rings. The number of nitrogens with two attached hydrogens (primary N) is 1. The summed E-state index contributed by atoms with van der Waals surface area (Å²) in [5.41, 5.74) is 5.35. The fourth-order valence-electron chi connectivity index (χ4n) is 2.62. The van der Waals surface area contributed by atoms with E-state index in [-0.39, 0.29) is 24.2 Å². The van der Waals surface area contributed by atoms with Gasteiger partial charge in [-0.05, 0) is 32.1 Å². The second-order valence-electron chi connectivity index (χ2n) is 5.84. The van der Waals surface area contributed by atoms with E-state index in [2.05, 4.69) is 5.32 Å². The van der Waals surface area contributed by atoms with Gasteiger partial charge in [0.2, 0.25) is 11.8 Å². The van der Waals surface area contributed by atoms with Crippen LogP contribution in [-0.4, -0.2) is 41.9 Å². The predicted molar refractivity (Wildman–Crippen MR) is 82.7 cm³/mol. The summed E-state index contributed by atoms with van der Waals surface area (Å²) in [4.78, 5) is 25.1. The molecular weight excluding hydrogens is 278 g/mol. The Morgan fingerprint density at radius 1 is 1.35 bits per heavy atom.